The van der Waals surface area contributed by atoms with Crippen LogP contribution in [0.4, 0.5) is 0 Å². The summed E-state index contributed by atoms with van der Waals surface area (Å²) in [6, 6.07) is 3.91. The van der Waals surface area contributed by atoms with E-state index in [9.17, 15) is 4.79 Å². The third-order valence-electron chi connectivity index (χ3n) is 2.39. The molecule has 4 nitrogen and oxygen atoms in total. The number of carboxylic acids is 1. The van der Waals surface area contributed by atoms with Gasteiger partial charge in [0.25, 0.3) is 0 Å². The van der Waals surface area contributed by atoms with Crippen molar-refractivity contribution in [1.29, 1.82) is 0 Å². The molecule has 0 bridgehead atoms. The number of aryl methyl sites for hydroxylation is 1. The van der Waals surface area contributed by atoms with Gasteiger partial charge < -0.3 is 10.1 Å². The first kappa shape index (κ1) is 9.71. The number of fused-ring (bicyclic) bond motifs is 1. The van der Waals surface area contributed by atoms with Crippen LogP contribution in [0.2, 0.25) is 0 Å². The maximum atomic E-state index is 10.4. The van der Waals surface area contributed by atoms with Gasteiger partial charge in [0.1, 0.15) is 5.65 Å². The minimum absolute atomic E-state index is 0.217. The van der Waals surface area contributed by atoms with E-state index in [1.54, 1.807) is 6.20 Å². The summed E-state index contributed by atoms with van der Waals surface area (Å²) in [6.45, 7) is 0. The molecule has 0 spiro atoms. The van der Waals surface area contributed by atoms with E-state index in [0.29, 0.717) is 6.42 Å². The molecule has 0 radical (unpaired) electrons. The van der Waals surface area contributed by atoms with E-state index < -0.39 is 5.97 Å². The van der Waals surface area contributed by atoms with E-state index in [4.69, 9.17) is 5.11 Å². The number of pyridine rings is 1. The molecule has 0 aliphatic heterocycles. The predicted octanol–water partition coefficient (Wildman–Crippen LogP) is 1.97. The molecule has 2 rings (SSSR count). The molecule has 0 saturated carbocycles. The molecule has 0 amide bonds. The molecule has 2 aromatic rings. The highest BCUT2D eigenvalue weighted by Crippen LogP contribution is 2.16. The second-order valence-electron chi connectivity index (χ2n) is 3.46. The lowest BCUT2D eigenvalue weighted by Crippen LogP contribution is -1.96. The summed E-state index contributed by atoms with van der Waals surface area (Å²) >= 11 is 0. The average molecular weight is 204 g/mol. The van der Waals surface area contributed by atoms with Gasteiger partial charge in [0.15, 0.2) is 0 Å². The Kier molecular flexibility index (Phi) is 2.67. The first-order valence-corrected chi connectivity index (χ1v) is 4.90. The van der Waals surface area contributed by atoms with E-state index in [-0.39, 0.29) is 6.42 Å². The van der Waals surface area contributed by atoms with Crippen molar-refractivity contribution in [3.63, 3.8) is 0 Å². The predicted molar refractivity (Wildman–Crippen MR) is 56.7 cm³/mol. The van der Waals surface area contributed by atoms with Gasteiger partial charge in [-0.05, 0) is 30.5 Å². The highest BCUT2D eigenvalue weighted by Gasteiger charge is 2.03. The Balaban J connectivity index is 2.13. The molecular formula is C11H12N2O2. The van der Waals surface area contributed by atoms with Crippen LogP contribution in [0.5, 0.6) is 0 Å². The Hall–Kier alpha value is -1.84. The van der Waals surface area contributed by atoms with Gasteiger partial charge in [-0.2, -0.15) is 0 Å². The van der Waals surface area contributed by atoms with Crippen molar-refractivity contribution >= 4 is 17.0 Å². The van der Waals surface area contributed by atoms with Crippen LogP contribution in [0, 0.1) is 0 Å². The number of aliphatic carboxylic acids is 1. The Morgan fingerprint density at radius 1 is 1.47 bits per heavy atom. The quantitative estimate of drug-likeness (QED) is 0.800. The molecular weight excluding hydrogens is 192 g/mol. The summed E-state index contributed by atoms with van der Waals surface area (Å²) in [4.78, 5) is 17.6. The van der Waals surface area contributed by atoms with Gasteiger partial charge in [-0.25, -0.2) is 4.98 Å². The van der Waals surface area contributed by atoms with Crippen molar-refractivity contribution < 1.29 is 9.90 Å². The fourth-order valence-electron chi connectivity index (χ4n) is 1.67. The first-order chi connectivity index (χ1) is 7.27. The Morgan fingerprint density at radius 2 is 2.33 bits per heavy atom. The SMILES string of the molecule is O=C(O)CCCc1ccnc2[nH]ccc12. The van der Waals surface area contributed by atoms with Crippen LogP contribution in [0.15, 0.2) is 24.5 Å². The van der Waals surface area contributed by atoms with Crippen molar-refractivity contribution in [2.24, 2.45) is 0 Å². The minimum atomic E-state index is -0.741. The number of nitrogens with one attached hydrogen (secondary N) is 1. The minimum Gasteiger partial charge on any atom is -0.481 e. The standard InChI is InChI=1S/C11H12N2O2/c14-10(15)3-1-2-8-4-6-12-11-9(8)5-7-13-11/h4-7H,1-3H2,(H,12,13)(H,14,15). The molecule has 2 N–H and O–H groups in total. The van der Waals surface area contributed by atoms with Crippen LogP contribution in [0.3, 0.4) is 0 Å². The van der Waals surface area contributed by atoms with Gasteiger partial charge >= 0.3 is 5.97 Å². The van der Waals surface area contributed by atoms with Crippen molar-refractivity contribution in [3.8, 4) is 0 Å². The molecule has 0 unspecified atom stereocenters. The third kappa shape index (κ3) is 2.15. The summed E-state index contributed by atoms with van der Waals surface area (Å²) in [5, 5.41) is 9.63. The summed E-state index contributed by atoms with van der Waals surface area (Å²) in [7, 11) is 0. The lowest BCUT2D eigenvalue weighted by Gasteiger charge is -2.00. The first-order valence-electron chi connectivity index (χ1n) is 4.90. The Morgan fingerprint density at radius 3 is 3.13 bits per heavy atom. The average Bonchev–Trinajstić information content (AvgIpc) is 2.65. The topological polar surface area (TPSA) is 66.0 Å². The second kappa shape index (κ2) is 4.13. The van der Waals surface area contributed by atoms with E-state index >= 15 is 0 Å². The highest BCUT2D eigenvalue weighted by molar-refractivity contribution is 5.79. The maximum absolute atomic E-state index is 10.4. The van der Waals surface area contributed by atoms with Crippen LogP contribution in [-0.4, -0.2) is 21.0 Å². The summed E-state index contributed by atoms with van der Waals surface area (Å²) in [5.41, 5.74) is 2.02. The number of aromatic amines is 1. The molecule has 4 heteroatoms. The number of aromatic nitrogens is 2. The fraction of sp³-hybridized carbons (Fsp3) is 0.273. The Bertz CT molecular complexity index is 476. The lowest BCUT2D eigenvalue weighted by molar-refractivity contribution is -0.137. The van der Waals surface area contributed by atoms with Gasteiger partial charge in [0.05, 0.1) is 0 Å². The maximum Gasteiger partial charge on any atom is 0.303 e. The van der Waals surface area contributed by atoms with Gasteiger partial charge in [0.2, 0.25) is 0 Å². The van der Waals surface area contributed by atoms with Crippen molar-refractivity contribution in [2.75, 3.05) is 0 Å². The van der Waals surface area contributed by atoms with E-state index in [1.807, 2.05) is 18.3 Å². The summed E-state index contributed by atoms with van der Waals surface area (Å²) < 4.78 is 0. The van der Waals surface area contributed by atoms with Gasteiger partial charge in [-0.15, -0.1) is 0 Å². The van der Waals surface area contributed by atoms with Crippen LogP contribution >= 0.6 is 0 Å². The molecule has 0 aromatic carbocycles. The number of carboxylic acid groups (broad SMARTS) is 1. The zero-order chi connectivity index (χ0) is 10.7. The zero-order valence-electron chi connectivity index (χ0n) is 8.23. The molecule has 15 heavy (non-hydrogen) atoms. The molecule has 0 fully saturated rings. The number of H-pyrrole nitrogens is 1. The van der Waals surface area contributed by atoms with Crippen molar-refractivity contribution in [3.05, 3.63) is 30.1 Å². The van der Waals surface area contributed by atoms with Crippen LogP contribution in [0.1, 0.15) is 18.4 Å². The molecule has 2 aromatic heterocycles. The van der Waals surface area contributed by atoms with Crippen molar-refractivity contribution in [1.82, 2.24) is 9.97 Å². The van der Waals surface area contributed by atoms with E-state index in [1.165, 1.54) is 0 Å². The second-order valence-corrected chi connectivity index (χ2v) is 3.46. The largest absolute Gasteiger partial charge is 0.481 e. The lowest BCUT2D eigenvalue weighted by atomic mass is 10.1. The van der Waals surface area contributed by atoms with Gasteiger partial charge in [-0.3, -0.25) is 4.79 Å². The van der Waals surface area contributed by atoms with Gasteiger partial charge in [0, 0.05) is 24.2 Å². The normalized spacial score (nSPS) is 10.7. The number of carbonyl (C=O) groups is 1. The molecule has 78 valence electrons. The highest BCUT2D eigenvalue weighted by atomic mass is 16.4. The Labute approximate surface area is 87.0 Å². The number of rotatable bonds is 4. The molecule has 0 atom stereocenters. The molecule has 0 aliphatic carbocycles. The third-order valence-corrected chi connectivity index (χ3v) is 2.39. The monoisotopic (exact) mass is 204 g/mol. The number of hydrogen-bond donors (Lipinski definition) is 2. The van der Waals surface area contributed by atoms with Crippen LogP contribution in [-0.2, 0) is 11.2 Å². The molecule has 2 heterocycles. The van der Waals surface area contributed by atoms with Crippen LogP contribution < -0.4 is 0 Å². The summed E-state index contributed by atoms with van der Waals surface area (Å²) in [6.07, 6.45) is 5.25. The summed E-state index contributed by atoms with van der Waals surface area (Å²) in [5.74, 6) is -0.741. The van der Waals surface area contributed by atoms with E-state index in [0.717, 1.165) is 23.0 Å². The smallest absolute Gasteiger partial charge is 0.303 e. The molecule has 0 aliphatic rings. The van der Waals surface area contributed by atoms with Crippen molar-refractivity contribution in [2.45, 2.75) is 19.3 Å². The van der Waals surface area contributed by atoms with E-state index in [2.05, 4.69) is 9.97 Å². The number of nitrogens with zero attached hydrogens (tertiary/aromatic N) is 1. The molecule has 0 saturated heterocycles. The fourth-order valence-corrected chi connectivity index (χ4v) is 1.67. The van der Waals surface area contributed by atoms with Crippen LogP contribution in [0.25, 0.3) is 11.0 Å². The zero-order valence-corrected chi connectivity index (χ0v) is 8.23. The number of hydrogen-bond acceptors (Lipinski definition) is 2. The van der Waals surface area contributed by atoms with Gasteiger partial charge in [-0.1, -0.05) is 0 Å².